The summed E-state index contributed by atoms with van der Waals surface area (Å²) < 4.78 is 0. The molecule has 1 aliphatic rings. The van der Waals surface area contributed by atoms with Crippen molar-refractivity contribution in [2.75, 3.05) is 19.6 Å². The van der Waals surface area contributed by atoms with Crippen LogP contribution >= 0.6 is 0 Å². The Bertz CT molecular complexity index is 259. The van der Waals surface area contributed by atoms with Crippen LogP contribution in [0, 0.1) is 17.8 Å². The smallest absolute Gasteiger partial charge is 0.220 e. The van der Waals surface area contributed by atoms with Crippen molar-refractivity contribution in [2.45, 2.75) is 39.0 Å². The zero-order chi connectivity index (χ0) is 11.6. The van der Waals surface area contributed by atoms with Crippen LogP contribution in [0.3, 0.4) is 0 Å². The van der Waals surface area contributed by atoms with Crippen molar-refractivity contribution < 1.29 is 4.79 Å². The number of rotatable bonds is 5. The number of piperidine rings is 1. The molecule has 3 heteroatoms. The Balaban J connectivity index is 2.02. The predicted molar refractivity (Wildman–Crippen MR) is 65.9 cm³/mol. The van der Waals surface area contributed by atoms with Gasteiger partial charge in [0.15, 0.2) is 0 Å². The number of hydrogen-bond donors (Lipinski definition) is 2. The molecule has 1 rings (SSSR count). The van der Waals surface area contributed by atoms with Gasteiger partial charge in [0, 0.05) is 19.4 Å². The first-order valence-electron chi connectivity index (χ1n) is 6.20. The number of carbonyl (C=O) groups excluding carboxylic acids is 1. The summed E-state index contributed by atoms with van der Waals surface area (Å²) in [5.74, 6) is 6.61. The predicted octanol–water partition coefficient (Wildman–Crippen LogP) is 1.30. The molecule has 16 heavy (non-hydrogen) atoms. The molecule has 0 spiro atoms. The van der Waals surface area contributed by atoms with Crippen LogP contribution in [0.5, 0.6) is 0 Å². The molecule has 1 unspecified atom stereocenters. The van der Waals surface area contributed by atoms with Gasteiger partial charge in [-0.1, -0.05) is 0 Å². The average Bonchev–Trinajstić information content (AvgIpc) is 2.33. The molecular formula is C13H22N2O. The zero-order valence-electron chi connectivity index (χ0n) is 10.1. The average molecular weight is 222 g/mol. The molecular weight excluding hydrogens is 200 g/mol. The van der Waals surface area contributed by atoms with E-state index in [0.29, 0.717) is 18.9 Å². The fourth-order valence-corrected chi connectivity index (χ4v) is 1.98. The SMILES string of the molecule is CC#CCCNC(=O)CCC1CCCNC1. The van der Waals surface area contributed by atoms with Crippen LogP contribution in [0.25, 0.3) is 0 Å². The lowest BCUT2D eigenvalue weighted by molar-refractivity contribution is -0.121. The molecule has 0 aromatic heterocycles. The lowest BCUT2D eigenvalue weighted by Crippen LogP contribution is -2.31. The van der Waals surface area contributed by atoms with Crippen LogP contribution < -0.4 is 10.6 Å². The fourth-order valence-electron chi connectivity index (χ4n) is 1.98. The Kier molecular flexibility index (Phi) is 6.67. The van der Waals surface area contributed by atoms with E-state index in [0.717, 1.165) is 25.9 Å². The van der Waals surface area contributed by atoms with Crippen LogP contribution in [0.2, 0.25) is 0 Å². The van der Waals surface area contributed by atoms with Gasteiger partial charge in [-0.25, -0.2) is 0 Å². The van der Waals surface area contributed by atoms with E-state index >= 15 is 0 Å². The molecule has 0 radical (unpaired) electrons. The van der Waals surface area contributed by atoms with E-state index in [2.05, 4.69) is 22.5 Å². The van der Waals surface area contributed by atoms with Crippen molar-refractivity contribution in [3.63, 3.8) is 0 Å². The summed E-state index contributed by atoms with van der Waals surface area (Å²) >= 11 is 0. The van der Waals surface area contributed by atoms with E-state index in [9.17, 15) is 4.79 Å². The van der Waals surface area contributed by atoms with Gasteiger partial charge in [0.25, 0.3) is 0 Å². The lowest BCUT2D eigenvalue weighted by atomic mass is 9.94. The molecule has 3 nitrogen and oxygen atoms in total. The van der Waals surface area contributed by atoms with Crippen molar-refractivity contribution in [3.8, 4) is 11.8 Å². The third-order valence-corrected chi connectivity index (χ3v) is 2.93. The van der Waals surface area contributed by atoms with Crippen LogP contribution in [-0.4, -0.2) is 25.5 Å². The van der Waals surface area contributed by atoms with E-state index in [1.807, 2.05) is 6.92 Å². The fraction of sp³-hybridized carbons (Fsp3) is 0.769. The molecule has 1 amide bonds. The lowest BCUT2D eigenvalue weighted by Gasteiger charge is -2.22. The van der Waals surface area contributed by atoms with Crippen LogP contribution in [0.1, 0.15) is 39.0 Å². The minimum Gasteiger partial charge on any atom is -0.355 e. The summed E-state index contributed by atoms with van der Waals surface area (Å²) in [5.41, 5.74) is 0. The number of nitrogens with one attached hydrogen (secondary N) is 2. The molecule has 0 aromatic rings. The topological polar surface area (TPSA) is 41.1 Å². The summed E-state index contributed by atoms with van der Waals surface area (Å²) in [6.07, 6.45) is 4.94. The van der Waals surface area contributed by atoms with E-state index in [1.54, 1.807) is 0 Å². The monoisotopic (exact) mass is 222 g/mol. The van der Waals surface area contributed by atoms with Gasteiger partial charge in [0.1, 0.15) is 0 Å². The van der Waals surface area contributed by atoms with Gasteiger partial charge in [0.05, 0.1) is 0 Å². The Morgan fingerprint density at radius 1 is 1.56 bits per heavy atom. The number of amides is 1. The third kappa shape index (κ3) is 5.77. The van der Waals surface area contributed by atoms with Gasteiger partial charge in [-0.3, -0.25) is 4.79 Å². The van der Waals surface area contributed by atoms with Gasteiger partial charge in [0.2, 0.25) is 5.91 Å². The van der Waals surface area contributed by atoms with Gasteiger partial charge in [-0.05, 0) is 45.2 Å². The maximum atomic E-state index is 11.5. The molecule has 0 bridgehead atoms. The van der Waals surface area contributed by atoms with Crippen molar-refractivity contribution in [2.24, 2.45) is 5.92 Å². The van der Waals surface area contributed by atoms with Crippen LogP contribution in [0.15, 0.2) is 0 Å². The summed E-state index contributed by atoms with van der Waals surface area (Å²) in [6, 6.07) is 0. The van der Waals surface area contributed by atoms with Crippen LogP contribution in [0.4, 0.5) is 0 Å². The molecule has 90 valence electrons. The Hall–Kier alpha value is -1.01. The highest BCUT2D eigenvalue weighted by atomic mass is 16.1. The highest BCUT2D eigenvalue weighted by Gasteiger charge is 2.13. The molecule has 0 aromatic carbocycles. The van der Waals surface area contributed by atoms with Crippen molar-refractivity contribution in [1.82, 2.24) is 10.6 Å². The Morgan fingerprint density at radius 3 is 3.12 bits per heavy atom. The second-order valence-corrected chi connectivity index (χ2v) is 4.28. The van der Waals surface area contributed by atoms with E-state index in [4.69, 9.17) is 0 Å². The number of hydrogen-bond acceptors (Lipinski definition) is 2. The molecule has 1 atom stereocenters. The first-order valence-corrected chi connectivity index (χ1v) is 6.20. The molecule has 1 heterocycles. The molecule has 1 aliphatic heterocycles. The molecule has 1 fully saturated rings. The normalized spacial score (nSPS) is 19.7. The molecule has 0 saturated carbocycles. The highest BCUT2D eigenvalue weighted by molar-refractivity contribution is 5.75. The van der Waals surface area contributed by atoms with Crippen molar-refractivity contribution >= 4 is 5.91 Å². The Morgan fingerprint density at radius 2 is 2.44 bits per heavy atom. The largest absolute Gasteiger partial charge is 0.355 e. The quantitative estimate of drug-likeness (QED) is 0.544. The zero-order valence-corrected chi connectivity index (χ0v) is 10.1. The second kappa shape index (κ2) is 8.18. The summed E-state index contributed by atoms with van der Waals surface area (Å²) in [4.78, 5) is 11.5. The molecule has 1 saturated heterocycles. The first kappa shape index (κ1) is 13.1. The van der Waals surface area contributed by atoms with E-state index < -0.39 is 0 Å². The summed E-state index contributed by atoms with van der Waals surface area (Å²) in [7, 11) is 0. The van der Waals surface area contributed by atoms with Crippen molar-refractivity contribution in [3.05, 3.63) is 0 Å². The third-order valence-electron chi connectivity index (χ3n) is 2.93. The van der Waals surface area contributed by atoms with E-state index in [1.165, 1.54) is 12.8 Å². The second-order valence-electron chi connectivity index (χ2n) is 4.28. The van der Waals surface area contributed by atoms with Gasteiger partial charge >= 0.3 is 0 Å². The van der Waals surface area contributed by atoms with Crippen LogP contribution in [-0.2, 0) is 4.79 Å². The molecule has 0 aliphatic carbocycles. The van der Waals surface area contributed by atoms with Crippen molar-refractivity contribution in [1.29, 1.82) is 0 Å². The first-order chi connectivity index (χ1) is 7.83. The minimum atomic E-state index is 0.170. The van der Waals surface area contributed by atoms with Gasteiger partial charge < -0.3 is 10.6 Å². The van der Waals surface area contributed by atoms with Gasteiger partial charge in [-0.15, -0.1) is 11.8 Å². The maximum Gasteiger partial charge on any atom is 0.220 e. The van der Waals surface area contributed by atoms with E-state index in [-0.39, 0.29) is 5.91 Å². The van der Waals surface area contributed by atoms with Gasteiger partial charge in [-0.2, -0.15) is 0 Å². The highest BCUT2D eigenvalue weighted by Crippen LogP contribution is 2.15. The summed E-state index contributed by atoms with van der Waals surface area (Å²) in [5, 5.41) is 6.26. The summed E-state index contributed by atoms with van der Waals surface area (Å²) in [6.45, 7) is 4.72. The maximum absolute atomic E-state index is 11.5. The number of carbonyl (C=O) groups is 1. The Labute approximate surface area is 98.4 Å². The standard InChI is InChI=1S/C13H22N2O/c1-2-3-4-10-15-13(16)8-7-12-6-5-9-14-11-12/h12,14H,4-11H2,1H3,(H,15,16). The minimum absolute atomic E-state index is 0.170. The molecule has 2 N–H and O–H groups in total.